The second kappa shape index (κ2) is 12.6. The van der Waals surface area contributed by atoms with Gasteiger partial charge in [0.1, 0.15) is 5.70 Å². The van der Waals surface area contributed by atoms with Gasteiger partial charge in [0.05, 0.1) is 35.4 Å². The summed E-state index contributed by atoms with van der Waals surface area (Å²) in [6.45, 7) is 12.7. The molecule has 2 amide bonds. The van der Waals surface area contributed by atoms with Gasteiger partial charge in [0, 0.05) is 18.4 Å². The van der Waals surface area contributed by atoms with Gasteiger partial charge in [-0.25, -0.2) is 5.84 Å². The molecule has 7 N–H and O–H groups in total. The number of halogens is 1. The Morgan fingerprint density at radius 3 is 2.29 bits per heavy atom. The molecule has 0 aliphatic heterocycles. The molecule has 0 atom stereocenters. The van der Waals surface area contributed by atoms with E-state index in [1.807, 2.05) is 39.2 Å². The Morgan fingerprint density at radius 2 is 1.74 bits per heavy atom. The molecule has 11 heteroatoms. The van der Waals surface area contributed by atoms with Crippen molar-refractivity contribution in [2.24, 2.45) is 17.0 Å². The SMILES string of the molecule is COc1c(NSC)cc(C(C)(C)C)cc1NC(=O)c1ccc(Cl)c(N(N)/C=C(\N)C(=O)NCC(C)(C)C)c1. The summed E-state index contributed by atoms with van der Waals surface area (Å²) >= 11 is 7.78. The zero-order valence-corrected chi connectivity index (χ0v) is 24.9. The third-order valence-electron chi connectivity index (χ3n) is 5.43. The molecule has 0 unspecified atom stereocenters. The number of nitrogens with one attached hydrogen (secondary N) is 3. The molecule has 0 aliphatic rings. The number of amides is 2. The summed E-state index contributed by atoms with van der Waals surface area (Å²) in [7, 11) is 1.55. The molecular formula is C27H39ClN6O3S. The Bertz CT molecular complexity index is 1200. The van der Waals surface area contributed by atoms with Gasteiger partial charge in [-0.1, -0.05) is 65.1 Å². The normalized spacial score (nSPS) is 12.1. The molecule has 2 rings (SSSR count). The van der Waals surface area contributed by atoms with Crippen molar-refractivity contribution >= 4 is 52.4 Å². The van der Waals surface area contributed by atoms with Crippen LogP contribution >= 0.6 is 23.5 Å². The lowest BCUT2D eigenvalue weighted by Crippen LogP contribution is -2.37. The van der Waals surface area contributed by atoms with Crippen LogP contribution in [0.4, 0.5) is 17.1 Å². The van der Waals surface area contributed by atoms with E-state index in [1.165, 1.54) is 24.2 Å². The van der Waals surface area contributed by atoms with Gasteiger partial charge in [-0.15, -0.1) is 0 Å². The van der Waals surface area contributed by atoms with E-state index in [2.05, 4.69) is 36.1 Å². The predicted molar refractivity (Wildman–Crippen MR) is 160 cm³/mol. The minimum absolute atomic E-state index is 0.0970. The monoisotopic (exact) mass is 562 g/mol. The Kier molecular flexibility index (Phi) is 10.4. The summed E-state index contributed by atoms with van der Waals surface area (Å²) in [6, 6.07) is 8.56. The second-order valence-electron chi connectivity index (χ2n) is 11.0. The number of ether oxygens (including phenoxy) is 1. The number of carbonyl (C=O) groups is 2. The summed E-state index contributed by atoms with van der Waals surface area (Å²) in [4.78, 5) is 25.7. The number of rotatable bonds is 9. The van der Waals surface area contributed by atoms with Crippen LogP contribution in [0.2, 0.25) is 5.02 Å². The van der Waals surface area contributed by atoms with Gasteiger partial charge in [-0.3, -0.25) is 14.6 Å². The molecule has 0 heterocycles. The first-order valence-corrected chi connectivity index (χ1v) is 13.6. The van der Waals surface area contributed by atoms with E-state index in [1.54, 1.807) is 19.2 Å². The highest BCUT2D eigenvalue weighted by molar-refractivity contribution is 7.99. The molecular weight excluding hydrogens is 524 g/mol. The average molecular weight is 563 g/mol. The lowest BCUT2D eigenvalue weighted by molar-refractivity contribution is -0.117. The first-order valence-electron chi connectivity index (χ1n) is 12.0. The van der Waals surface area contributed by atoms with Crippen molar-refractivity contribution < 1.29 is 14.3 Å². The number of carbonyl (C=O) groups excluding carboxylic acids is 2. The van der Waals surface area contributed by atoms with E-state index in [-0.39, 0.29) is 21.5 Å². The van der Waals surface area contributed by atoms with Crippen molar-refractivity contribution in [1.29, 1.82) is 0 Å². The minimum atomic E-state index is -0.458. The smallest absolute Gasteiger partial charge is 0.268 e. The van der Waals surface area contributed by atoms with Crippen LogP contribution in [0.3, 0.4) is 0 Å². The average Bonchev–Trinajstić information content (AvgIpc) is 2.81. The third kappa shape index (κ3) is 8.47. The zero-order chi connectivity index (χ0) is 28.8. The molecule has 208 valence electrons. The van der Waals surface area contributed by atoms with E-state index in [0.29, 0.717) is 29.2 Å². The zero-order valence-electron chi connectivity index (χ0n) is 23.3. The number of hydrogen-bond donors (Lipinski definition) is 5. The fraction of sp³-hybridized carbons (Fsp3) is 0.407. The largest absolute Gasteiger partial charge is 0.492 e. The van der Waals surface area contributed by atoms with Gasteiger partial charge in [-0.2, -0.15) is 0 Å². The van der Waals surface area contributed by atoms with E-state index in [0.717, 1.165) is 16.3 Å². The van der Waals surface area contributed by atoms with E-state index in [9.17, 15) is 9.59 Å². The first kappa shape index (κ1) is 31.1. The molecule has 0 aliphatic carbocycles. The van der Waals surface area contributed by atoms with Crippen LogP contribution in [0.5, 0.6) is 5.75 Å². The van der Waals surface area contributed by atoms with Gasteiger partial charge in [-0.05, 0) is 46.7 Å². The van der Waals surface area contributed by atoms with Crippen molar-refractivity contribution in [3.63, 3.8) is 0 Å². The van der Waals surface area contributed by atoms with Gasteiger partial charge >= 0.3 is 0 Å². The molecule has 2 aromatic rings. The topological polar surface area (TPSA) is 135 Å². The first-order chi connectivity index (χ1) is 17.6. The van der Waals surface area contributed by atoms with E-state index in [4.69, 9.17) is 27.9 Å². The molecule has 0 saturated heterocycles. The van der Waals surface area contributed by atoms with E-state index >= 15 is 0 Å². The van der Waals surface area contributed by atoms with Crippen LogP contribution in [0.1, 0.15) is 57.5 Å². The summed E-state index contributed by atoms with van der Waals surface area (Å²) in [6.07, 6.45) is 3.17. The molecule has 9 nitrogen and oxygen atoms in total. The Hall–Kier alpha value is -3.08. The maximum atomic E-state index is 13.3. The molecule has 0 saturated carbocycles. The van der Waals surface area contributed by atoms with Gasteiger partial charge in [0.15, 0.2) is 5.75 Å². The standard InChI is InChI=1S/C27H39ClN6O3S/c1-26(2,3)15-31-25(36)19(29)14-34(30)22-11-16(9-10-18(22)28)24(35)32-20-12-17(27(4,5)6)13-21(33-38-8)23(20)37-7/h9-14,33H,15,29-30H2,1-8H3,(H,31,36)(H,32,35)/b19-14-. The van der Waals surface area contributed by atoms with Gasteiger partial charge < -0.3 is 25.8 Å². The lowest BCUT2D eigenvalue weighted by atomic mass is 9.86. The van der Waals surface area contributed by atoms with Crippen LogP contribution in [0.15, 0.2) is 42.2 Å². The molecule has 38 heavy (non-hydrogen) atoms. The van der Waals surface area contributed by atoms with Crippen LogP contribution < -0.4 is 36.7 Å². The van der Waals surface area contributed by atoms with Crippen LogP contribution in [-0.2, 0) is 10.2 Å². The Balaban J connectivity index is 2.37. The maximum absolute atomic E-state index is 13.3. The number of nitrogens with two attached hydrogens (primary N) is 2. The molecule has 0 aromatic heterocycles. The van der Waals surface area contributed by atoms with Crippen LogP contribution in [0.25, 0.3) is 0 Å². The number of nitrogens with zero attached hydrogens (tertiary/aromatic N) is 1. The van der Waals surface area contributed by atoms with Gasteiger partial charge in [0.25, 0.3) is 11.8 Å². The predicted octanol–water partition coefficient (Wildman–Crippen LogP) is 5.23. The fourth-order valence-corrected chi connectivity index (χ4v) is 3.92. The quantitative estimate of drug-likeness (QED) is 0.121. The van der Waals surface area contributed by atoms with Crippen LogP contribution in [-0.4, -0.2) is 31.7 Å². The summed E-state index contributed by atoms with van der Waals surface area (Å²) in [5, 5.41) is 7.10. The number of anilines is 3. The number of hydrazine groups is 1. The van der Waals surface area contributed by atoms with Crippen molar-refractivity contribution in [2.75, 3.05) is 35.0 Å². The molecule has 0 radical (unpaired) electrons. The fourth-order valence-electron chi connectivity index (χ4n) is 3.33. The summed E-state index contributed by atoms with van der Waals surface area (Å²) in [5.41, 5.74) is 8.44. The summed E-state index contributed by atoms with van der Waals surface area (Å²) in [5.74, 6) is 5.81. The highest BCUT2D eigenvalue weighted by Crippen LogP contribution is 2.40. The Labute approximate surface area is 234 Å². The van der Waals surface area contributed by atoms with Crippen LogP contribution in [0, 0.1) is 5.41 Å². The lowest BCUT2D eigenvalue weighted by Gasteiger charge is -2.24. The van der Waals surface area contributed by atoms with Crippen molar-refractivity contribution in [1.82, 2.24) is 5.32 Å². The minimum Gasteiger partial charge on any atom is -0.492 e. The Morgan fingerprint density at radius 1 is 1.11 bits per heavy atom. The maximum Gasteiger partial charge on any atom is 0.268 e. The number of hydrogen-bond acceptors (Lipinski definition) is 8. The van der Waals surface area contributed by atoms with Gasteiger partial charge in [0.2, 0.25) is 0 Å². The molecule has 0 bridgehead atoms. The highest BCUT2D eigenvalue weighted by atomic mass is 35.5. The number of benzene rings is 2. The van der Waals surface area contributed by atoms with Crippen molar-refractivity contribution in [3.05, 3.63) is 58.4 Å². The molecule has 2 aromatic carbocycles. The summed E-state index contributed by atoms with van der Waals surface area (Å²) < 4.78 is 8.84. The molecule has 0 fully saturated rings. The number of methoxy groups -OCH3 is 1. The van der Waals surface area contributed by atoms with Crippen molar-refractivity contribution in [2.45, 2.75) is 47.0 Å². The molecule has 0 spiro atoms. The van der Waals surface area contributed by atoms with E-state index < -0.39 is 11.8 Å². The third-order valence-corrected chi connectivity index (χ3v) is 6.17. The second-order valence-corrected chi connectivity index (χ2v) is 12.0. The van der Waals surface area contributed by atoms with Crippen molar-refractivity contribution in [3.8, 4) is 5.75 Å². The highest BCUT2D eigenvalue weighted by Gasteiger charge is 2.22.